The van der Waals surface area contributed by atoms with E-state index in [0.717, 1.165) is 6.07 Å². The average molecular weight is 510 g/mol. The van der Waals surface area contributed by atoms with Crippen LogP contribution in [-0.4, -0.2) is 50.9 Å². The molecule has 1 aromatic heterocycles. The number of ether oxygens (including phenoxy) is 2. The number of carbonyl (C=O) groups is 2. The minimum absolute atomic E-state index is 0.0598. The molecule has 0 aliphatic rings. The summed E-state index contributed by atoms with van der Waals surface area (Å²) in [6, 6.07) is 10.6. The number of nitrogens with one attached hydrogen (secondary N) is 4. The minimum Gasteiger partial charge on any atom is -0.493 e. The Morgan fingerprint density at radius 3 is 2.30 bits per heavy atom. The van der Waals surface area contributed by atoms with Gasteiger partial charge in [-0.1, -0.05) is 0 Å². The second-order valence-electron chi connectivity index (χ2n) is 8.01. The maximum absolute atomic E-state index is 15.1. The van der Waals surface area contributed by atoms with Crippen molar-refractivity contribution in [2.75, 3.05) is 38.5 Å². The highest BCUT2D eigenvalue weighted by atomic mass is 19.1. The fraction of sp³-hybridized carbons (Fsp3) is 0.200. The summed E-state index contributed by atoms with van der Waals surface area (Å²) in [5.41, 5.74) is 11.3. The SMILES string of the molecule is COc1cc(F)c(C(Nc2ccc(C(=N)N)cc2)C(=O)NNC(=O)c2cccnc2N(C)C)cc1OC. The second kappa shape index (κ2) is 11.7. The third kappa shape index (κ3) is 6.23. The van der Waals surface area contributed by atoms with Gasteiger partial charge in [-0.3, -0.25) is 25.8 Å². The molecule has 2 aromatic carbocycles. The van der Waals surface area contributed by atoms with E-state index in [9.17, 15) is 9.59 Å². The fourth-order valence-corrected chi connectivity index (χ4v) is 3.48. The van der Waals surface area contributed by atoms with Crippen LogP contribution in [0.4, 0.5) is 15.9 Å². The van der Waals surface area contributed by atoms with E-state index >= 15 is 4.39 Å². The fourth-order valence-electron chi connectivity index (χ4n) is 3.48. The minimum atomic E-state index is -1.30. The third-order valence-electron chi connectivity index (χ3n) is 5.34. The molecule has 37 heavy (non-hydrogen) atoms. The standard InChI is InChI=1S/C25H28FN7O4/c1-33(2)23-16(6-5-11-29-23)24(34)31-32-25(35)21(30-15-9-7-14(8-10-15)22(27)28)17-12-19(36-3)20(37-4)13-18(17)26/h5-13,21,30H,1-4H3,(H3,27,28)(H,31,34)(H,32,35). The topological polar surface area (TPSA) is 155 Å². The van der Waals surface area contributed by atoms with Gasteiger partial charge < -0.3 is 25.4 Å². The first-order valence-corrected chi connectivity index (χ1v) is 11.0. The quantitative estimate of drug-likeness (QED) is 0.167. The highest BCUT2D eigenvalue weighted by Crippen LogP contribution is 2.34. The van der Waals surface area contributed by atoms with E-state index < -0.39 is 23.7 Å². The molecule has 0 aliphatic carbocycles. The summed E-state index contributed by atoms with van der Waals surface area (Å²) in [5.74, 6) is -1.47. The number of nitrogen functional groups attached to an aromatic ring is 1. The number of amides is 2. The number of halogens is 1. The number of hydrogen-bond donors (Lipinski definition) is 5. The van der Waals surface area contributed by atoms with Crippen molar-refractivity contribution in [2.45, 2.75) is 6.04 Å². The summed E-state index contributed by atoms with van der Waals surface area (Å²) in [6.07, 6.45) is 1.54. The van der Waals surface area contributed by atoms with Crippen molar-refractivity contribution in [3.05, 3.63) is 77.2 Å². The van der Waals surface area contributed by atoms with Crippen molar-refractivity contribution in [1.82, 2.24) is 15.8 Å². The zero-order valence-electron chi connectivity index (χ0n) is 20.8. The lowest BCUT2D eigenvalue weighted by molar-refractivity contribution is -0.122. The zero-order valence-corrected chi connectivity index (χ0v) is 20.8. The van der Waals surface area contributed by atoms with Crippen LogP contribution >= 0.6 is 0 Å². The maximum atomic E-state index is 15.1. The van der Waals surface area contributed by atoms with Crippen LogP contribution in [0.3, 0.4) is 0 Å². The monoisotopic (exact) mass is 509 g/mol. The predicted molar refractivity (Wildman–Crippen MR) is 137 cm³/mol. The summed E-state index contributed by atoms with van der Waals surface area (Å²) >= 11 is 0. The highest BCUT2D eigenvalue weighted by molar-refractivity contribution is 6.00. The van der Waals surface area contributed by atoms with Gasteiger partial charge in [-0.15, -0.1) is 0 Å². The number of hydrazine groups is 1. The molecule has 3 rings (SSSR count). The Morgan fingerprint density at radius 2 is 1.70 bits per heavy atom. The summed E-state index contributed by atoms with van der Waals surface area (Å²) < 4.78 is 25.6. The average Bonchev–Trinajstić information content (AvgIpc) is 2.90. The highest BCUT2D eigenvalue weighted by Gasteiger charge is 2.27. The first-order valence-electron chi connectivity index (χ1n) is 11.0. The molecule has 6 N–H and O–H groups in total. The molecule has 0 fully saturated rings. The molecule has 0 spiro atoms. The zero-order chi connectivity index (χ0) is 27.1. The van der Waals surface area contributed by atoms with Crippen LogP contribution in [0.1, 0.15) is 27.5 Å². The van der Waals surface area contributed by atoms with Gasteiger partial charge in [-0.05, 0) is 42.5 Å². The number of benzene rings is 2. The summed E-state index contributed by atoms with van der Waals surface area (Å²) in [6.45, 7) is 0. The van der Waals surface area contributed by atoms with Gasteiger partial charge in [0.15, 0.2) is 11.5 Å². The number of methoxy groups -OCH3 is 2. The van der Waals surface area contributed by atoms with Crippen molar-refractivity contribution in [2.24, 2.45) is 5.73 Å². The molecule has 12 heteroatoms. The van der Waals surface area contributed by atoms with Crippen LogP contribution in [0.25, 0.3) is 0 Å². The number of amidine groups is 1. The maximum Gasteiger partial charge on any atom is 0.273 e. The molecular weight excluding hydrogens is 481 g/mol. The molecule has 194 valence electrons. The number of rotatable bonds is 9. The van der Waals surface area contributed by atoms with Crippen LogP contribution in [0, 0.1) is 11.2 Å². The predicted octanol–water partition coefficient (Wildman–Crippen LogP) is 2.20. The van der Waals surface area contributed by atoms with Crippen LogP contribution in [-0.2, 0) is 4.79 Å². The van der Waals surface area contributed by atoms with E-state index in [1.54, 1.807) is 61.6 Å². The first kappa shape index (κ1) is 26.7. The van der Waals surface area contributed by atoms with Crippen LogP contribution in [0.2, 0.25) is 0 Å². The van der Waals surface area contributed by atoms with Crippen LogP contribution in [0.5, 0.6) is 11.5 Å². The van der Waals surface area contributed by atoms with Gasteiger partial charge in [0.2, 0.25) is 0 Å². The van der Waals surface area contributed by atoms with Crippen LogP contribution in [0.15, 0.2) is 54.7 Å². The lowest BCUT2D eigenvalue weighted by Gasteiger charge is -2.22. The Labute approximate surface area is 213 Å². The Kier molecular flexibility index (Phi) is 8.46. The molecular formula is C25H28FN7O4. The lowest BCUT2D eigenvalue weighted by atomic mass is 10.0. The number of anilines is 2. The first-order chi connectivity index (χ1) is 17.7. The van der Waals surface area contributed by atoms with Crippen molar-refractivity contribution in [3.63, 3.8) is 0 Å². The molecule has 1 unspecified atom stereocenters. The Morgan fingerprint density at radius 1 is 1.05 bits per heavy atom. The van der Waals surface area contributed by atoms with Gasteiger partial charge in [-0.25, -0.2) is 9.37 Å². The summed E-state index contributed by atoms with van der Waals surface area (Å²) in [5, 5.41) is 10.5. The van der Waals surface area contributed by atoms with Crippen molar-refractivity contribution >= 4 is 29.2 Å². The van der Waals surface area contributed by atoms with E-state index in [0.29, 0.717) is 17.1 Å². The van der Waals surface area contributed by atoms with Gasteiger partial charge in [0.05, 0.1) is 19.8 Å². The van der Waals surface area contributed by atoms with Gasteiger partial charge in [0.1, 0.15) is 23.5 Å². The van der Waals surface area contributed by atoms with Gasteiger partial charge in [-0.2, -0.15) is 0 Å². The van der Waals surface area contributed by atoms with Crippen molar-refractivity contribution in [1.29, 1.82) is 5.41 Å². The van der Waals surface area contributed by atoms with E-state index in [4.69, 9.17) is 20.6 Å². The molecule has 2 amide bonds. The van der Waals surface area contributed by atoms with Gasteiger partial charge in [0.25, 0.3) is 11.8 Å². The summed E-state index contributed by atoms with van der Waals surface area (Å²) in [4.78, 5) is 31.9. The number of pyridine rings is 1. The van der Waals surface area contributed by atoms with Crippen molar-refractivity contribution < 1.29 is 23.5 Å². The molecule has 1 heterocycles. The smallest absolute Gasteiger partial charge is 0.273 e. The van der Waals surface area contributed by atoms with E-state index in [-0.39, 0.29) is 28.5 Å². The normalized spacial score (nSPS) is 11.2. The van der Waals surface area contributed by atoms with E-state index in [2.05, 4.69) is 21.2 Å². The number of carbonyl (C=O) groups excluding carboxylic acids is 2. The molecule has 0 bridgehead atoms. The molecule has 0 saturated heterocycles. The molecule has 0 aliphatic heterocycles. The van der Waals surface area contributed by atoms with Crippen LogP contribution < -0.4 is 36.3 Å². The number of nitrogens with zero attached hydrogens (tertiary/aromatic N) is 2. The number of nitrogens with two attached hydrogens (primary N) is 1. The second-order valence-corrected chi connectivity index (χ2v) is 8.01. The molecule has 0 radical (unpaired) electrons. The van der Waals surface area contributed by atoms with Gasteiger partial charge >= 0.3 is 0 Å². The lowest BCUT2D eigenvalue weighted by Crippen LogP contribution is -2.46. The summed E-state index contributed by atoms with van der Waals surface area (Å²) in [7, 11) is 6.22. The number of aromatic nitrogens is 1. The van der Waals surface area contributed by atoms with Gasteiger partial charge in [0, 0.05) is 43.2 Å². The Bertz CT molecular complexity index is 1300. The Hall–Kier alpha value is -4.87. The van der Waals surface area contributed by atoms with E-state index in [1.807, 2.05) is 0 Å². The third-order valence-corrected chi connectivity index (χ3v) is 5.34. The Balaban J connectivity index is 1.92. The number of hydrogen-bond acceptors (Lipinski definition) is 8. The molecule has 1 atom stereocenters. The molecule has 3 aromatic rings. The molecule has 0 saturated carbocycles. The van der Waals surface area contributed by atoms with Crippen molar-refractivity contribution in [3.8, 4) is 11.5 Å². The largest absolute Gasteiger partial charge is 0.493 e. The molecule has 11 nitrogen and oxygen atoms in total. The van der Waals surface area contributed by atoms with E-state index in [1.165, 1.54) is 20.3 Å².